The zero-order chi connectivity index (χ0) is 22.0. The molecule has 0 radical (unpaired) electrons. The Morgan fingerprint density at radius 3 is 2.32 bits per heavy atom. The van der Waals surface area contributed by atoms with Crippen LogP contribution in [0.1, 0.15) is 5.56 Å². The monoisotopic (exact) mass is 441 g/mol. The molecule has 2 aliphatic rings. The number of aliphatic hydroxyl groups excluding tert-OH is 1. The molecule has 7 nitrogen and oxygen atoms in total. The highest BCUT2D eigenvalue weighted by Gasteiger charge is 2.43. The minimum Gasteiger partial charge on any atom is -0.495 e. The van der Waals surface area contributed by atoms with E-state index in [1.807, 2.05) is 35.2 Å². The first kappa shape index (κ1) is 21.4. The fourth-order valence-corrected chi connectivity index (χ4v) is 4.29. The number of rotatable bonds is 6. The van der Waals surface area contributed by atoms with Crippen LogP contribution in [0.4, 0.5) is 5.69 Å². The number of nitrogens with zero attached hydrogens (tertiary/aromatic N) is 3. The molecule has 4 rings (SSSR count). The third-order valence-electron chi connectivity index (χ3n) is 5.62. The molecule has 31 heavy (non-hydrogen) atoms. The fraction of sp³-hybridized carbons (Fsp3) is 0.304. The predicted octanol–water partition coefficient (Wildman–Crippen LogP) is 2.24. The maximum absolute atomic E-state index is 13.5. The fourth-order valence-electron chi connectivity index (χ4n) is 4.04. The summed E-state index contributed by atoms with van der Waals surface area (Å²) in [7, 11) is 1.51. The average molecular weight is 442 g/mol. The normalized spacial score (nSPS) is 17.6. The lowest BCUT2D eigenvalue weighted by Crippen LogP contribution is -2.48. The molecule has 0 bridgehead atoms. The Labute approximate surface area is 186 Å². The molecule has 0 saturated carbocycles. The summed E-state index contributed by atoms with van der Waals surface area (Å²) in [6, 6.07) is 14.1. The van der Waals surface area contributed by atoms with Crippen molar-refractivity contribution in [2.45, 2.75) is 0 Å². The molecule has 0 unspecified atom stereocenters. The van der Waals surface area contributed by atoms with E-state index in [-0.39, 0.29) is 18.4 Å². The molecule has 2 heterocycles. The smallest absolute Gasteiger partial charge is 0.282 e. The molecule has 162 valence electrons. The quantitative estimate of drug-likeness (QED) is 0.693. The lowest BCUT2D eigenvalue weighted by atomic mass is 10.0. The van der Waals surface area contributed by atoms with Crippen molar-refractivity contribution >= 4 is 34.7 Å². The first-order valence-electron chi connectivity index (χ1n) is 10.2. The van der Waals surface area contributed by atoms with E-state index >= 15 is 0 Å². The van der Waals surface area contributed by atoms with Crippen molar-refractivity contribution in [1.82, 2.24) is 9.80 Å². The summed E-state index contributed by atoms with van der Waals surface area (Å²) in [6.45, 7) is 3.32. The van der Waals surface area contributed by atoms with Crippen molar-refractivity contribution in [2.24, 2.45) is 0 Å². The molecule has 8 heteroatoms. The SMILES string of the molecule is COc1ccc(N2C(=O)C(c3ccccc3)=C(N3CCN(CCO)CC3)C2=O)cc1Cl. The van der Waals surface area contributed by atoms with E-state index in [9.17, 15) is 14.7 Å². The van der Waals surface area contributed by atoms with Gasteiger partial charge in [-0.05, 0) is 23.8 Å². The second-order valence-electron chi connectivity index (χ2n) is 7.41. The number of β-amino-alcohol motifs (C(OH)–C–C–N with tert-alkyl or cyclic N) is 1. The van der Waals surface area contributed by atoms with Crippen molar-refractivity contribution in [2.75, 3.05) is 51.3 Å². The van der Waals surface area contributed by atoms with Gasteiger partial charge in [0.2, 0.25) is 0 Å². The minimum atomic E-state index is -0.370. The van der Waals surface area contributed by atoms with E-state index in [0.29, 0.717) is 66.0 Å². The number of aliphatic hydroxyl groups is 1. The highest BCUT2D eigenvalue weighted by molar-refractivity contribution is 6.45. The lowest BCUT2D eigenvalue weighted by molar-refractivity contribution is -0.120. The van der Waals surface area contributed by atoms with E-state index in [2.05, 4.69) is 4.90 Å². The number of ether oxygens (including phenoxy) is 1. The van der Waals surface area contributed by atoms with Gasteiger partial charge in [0.1, 0.15) is 11.4 Å². The van der Waals surface area contributed by atoms with Gasteiger partial charge in [0.15, 0.2) is 0 Å². The van der Waals surface area contributed by atoms with Crippen molar-refractivity contribution in [3.63, 3.8) is 0 Å². The summed E-state index contributed by atoms with van der Waals surface area (Å²) in [6.07, 6.45) is 0. The molecule has 0 aromatic heterocycles. The number of anilines is 1. The van der Waals surface area contributed by atoms with Gasteiger partial charge in [0, 0.05) is 32.7 Å². The van der Waals surface area contributed by atoms with Crippen LogP contribution in [0.5, 0.6) is 5.75 Å². The molecule has 1 saturated heterocycles. The van der Waals surface area contributed by atoms with Crippen molar-refractivity contribution in [3.05, 3.63) is 64.8 Å². The summed E-state index contributed by atoms with van der Waals surface area (Å²) in [4.78, 5) is 32.4. The molecule has 0 atom stereocenters. The number of amides is 2. The summed E-state index contributed by atoms with van der Waals surface area (Å²) >= 11 is 6.26. The third kappa shape index (κ3) is 4.04. The van der Waals surface area contributed by atoms with Gasteiger partial charge in [-0.1, -0.05) is 41.9 Å². The minimum absolute atomic E-state index is 0.0986. The highest BCUT2D eigenvalue weighted by Crippen LogP contribution is 2.37. The van der Waals surface area contributed by atoms with Gasteiger partial charge in [0.25, 0.3) is 11.8 Å². The molecule has 2 aromatic rings. The van der Waals surface area contributed by atoms with Crippen LogP contribution < -0.4 is 9.64 Å². The Morgan fingerprint density at radius 2 is 1.71 bits per heavy atom. The number of carbonyl (C=O) groups is 2. The van der Waals surface area contributed by atoms with Crippen molar-refractivity contribution in [1.29, 1.82) is 0 Å². The van der Waals surface area contributed by atoms with Crippen LogP contribution in [-0.4, -0.2) is 73.2 Å². The molecule has 1 N–H and O–H groups in total. The van der Waals surface area contributed by atoms with Crippen LogP contribution in [0.3, 0.4) is 0 Å². The number of methoxy groups -OCH3 is 1. The maximum atomic E-state index is 13.5. The standard InChI is InChI=1S/C23H24ClN3O4/c1-31-19-8-7-17(15-18(19)24)27-22(29)20(16-5-3-2-4-6-16)21(23(27)30)26-11-9-25(10-12-26)13-14-28/h2-8,15,28H,9-14H2,1H3. The van der Waals surface area contributed by atoms with Crippen LogP contribution in [-0.2, 0) is 9.59 Å². The predicted molar refractivity (Wildman–Crippen MR) is 119 cm³/mol. The molecule has 1 fully saturated rings. The van der Waals surface area contributed by atoms with Crippen LogP contribution in [0.15, 0.2) is 54.2 Å². The average Bonchev–Trinajstić information content (AvgIpc) is 3.05. The summed E-state index contributed by atoms with van der Waals surface area (Å²) < 4.78 is 5.19. The summed E-state index contributed by atoms with van der Waals surface area (Å²) in [5.74, 6) is -0.258. The molecule has 2 aromatic carbocycles. The lowest BCUT2D eigenvalue weighted by Gasteiger charge is -2.36. The number of imide groups is 1. The first-order valence-corrected chi connectivity index (χ1v) is 10.5. The number of piperazine rings is 1. The Morgan fingerprint density at radius 1 is 1.00 bits per heavy atom. The van der Waals surface area contributed by atoms with Crippen LogP contribution >= 0.6 is 11.6 Å². The topological polar surface area (TPSA) is 73.3 Å². The van der Waals surface area contributed by atoms with Gasteiger partial charge in [-0.2, -0.15) is 0 Å². The number of hydrogen-bond acceptors (Lipinski definition) is 6. The van der Waals surface area contributed by atoms with Gasteiger partial charge in [-0.15, -0.1) is 0 Å². The first-order chi connectivity index (χ1) is 15.0. The summed E-state index contributed by atoms with van der Waals surface area (Å²) in [5, 5.41) is 9.52. The molecule has 2 amide bonds. The van der Waals surface area contributed by atoms with E-state index in [1.54, 1.807) is 18.2 Å². The van der Waals surface area contributed by atoms with Crippen LogP contribution in [0.2, 0.25) is 5.02 Å². The third-order valence-corrected chi connectivity index (χ3v) is 5.92. The molecule has 0 aliphatic carbocycles. The van der Waals surface area contributed by atoms with Gasteiger partial charge >= 0.3 is 0 Å². The van der Waals surface area contributed by atoms with Gasteiger partial charge in [0.05, 0.1) is 30.0 Å². The molecular formula is C23H24ClN3O4. The zero-order valence-electron chi connectivity index (χ0n) is 17.3. The largest absolute Gasteiger partial charge is 0.495 e. The van der Waals surface area contributed by atoms with Gasteiger partial charge < -0.3 is 14.7 Å². The van der Waals surface area contributed by atoms with E-state index < -0.39 is 0 Å². The van der Waals surface area contributed by atoms with E-state index in [1.165, 1.54) is 12.0 Å². The van der Waals surface area contributed by atoms with Gasteiger partial charge in [-0.3, -0.25) is 14.5 Å². The number of benzene rings is 2. The maximum Gasteiger partial charge on any atom is 0.282 e. The molecule has 0 spiro atoms. The molecular weight excluding hydrogens is 418 g/mol. The van der Waals surface area contributed by atoms with Crippen LogP contribution in [0.25, 0.3) is 5.57 Å². The summed E-state index contributed by atoms with van der Waals surface area (Å²) in [5.41, 5.74) is 1.92. The Hall–Kier alpha value is -2.87. The molecule has 2 aliphatic heterocycles. The zero-order valence-corrected chi connectivity index (χ0v) is 18.0. The Bertz CT molecular complexity index is 1020. The second kappa shape index (κ2) is 9.09. The van der Waals surface area contributed by atoms with E-state index in [0.717, 1.165) is 0 Å². The van der Waals surface area contributed by atoms with Gasteiger partial charge in [-0.25, -0.2) is 4.90 Å². The number of hydrogen-bond donors (Lipinski definition) is 1. The van der Waals surface area contributed by atoms with E-state index in [4.69, 9.17) is 16.3 Å². The number of halogens is 1. The van der Waals surface area contributed by atoms with Crippen molar-refractivity contribution < 1.29 is 19.4 Å². The second-order valence-corrected chi connectivity index (χ2v) is 7.81. The number of carbonyl (C=O) groups excluding carboxylic acids is 2. The van der Waals surface area contributed by atoms with Crippen molar-refractivity contribution in [3.8, 4) is 5.75 Å². The van der Waals surface area contributed by atoms with Crippen LogP contribution in [0, 0.1) is 0 Å². The Kier molecular flexibility index (Phi) is 6.27. The Balaban J connectivity index is 1.72. The highest BCUT2D eigenvalue weighted by atomic mass is 35.5.